The minimum absolute atomic E-state index is 0.224. The van der Waals surface area contributed by atoms with E-state index in [1.165, 1.54) is 15.0 Å². The molecule has 0 saturated carbocycles. The summed E-state index contributed by atoms with van der Waals surface area (Å²) in [4.78, 5) is 1.35. The summed E-state index contributed by atoms with van der Waals surface area (Å²) in [5, 5.41) is 14.3. The largest absolute Gasteiger partial charge is 0.395 e. The van der Waals surface area contributed by atoms with E-state index in [0.717, 1.165) is 6.54 Å². The normalized spacial score (nSPS) is 14.8. The lowest BCUT2D eigenvalue weighted by Gasteiger charge is -2.20. The van der Waals surface area contributed by atoms with E-state index in [0.29, 0.717) is 6.04 Å². The summed E-state index contributed by atoms with van der Waals surface area (Å²) < 4.78 is 1.34. The Balaban J connectivity index is 1.97. The lowest BCUT2D eigenvalue weighted by Crippen LogP contribution is -2.36. The van der Waals surface area contributed by atoms with Crippen molar-refractivity contribution in [2.24, 2.45) is 0 Å². The van der Waals surface area contributed by atoms with Gasteiger partial charge in [0, 0.05) is 27.4 Å². The van der Waals surface area contributed by atoms with Gasteiger partial charge in [-0.15, -0.1) is 11.3 Å². The Kier molecular flexibility index (Phi) is 5.06. The highest BCUT2D eigenvalue weighted by molar-refractivity contribution is 7.99. The lowest BCUT2D eigenvalue weighted by molar-refractivity contribution is 0.276. The van der Waals surface area contributed by atoms with Crippen molar-refractivity contribution < 1.29 is 5.11 Å². The van der Waals surface area contributed by atoms with Crippen LogP contribution in [-0.4, -0.2) is 29.3 Å². The number of fused-ring (bicyclic) bond motifs is 1. The Morgan fingerprint density at radius 1 is 1.39 bits per heavy atom. The third kappa shape index (κ3) is 3.26. The SMILES string of the molecule is CSC(CO)C(C)NCc1cc2ccccc2s1. The van der Waals surface area contributed by atoms with E-state index in [9.17, 15) is 5.11 Å². The van der Waals surface area contributed by atoms with Gasteiger partial charge in [0.2, 0.25) is 0 Å². The number of hydrogen-bond acceptors (Lipinski definition) is 4. The predicted octanol–water partition coefficient (Wildman–Crippen LogP) is 3.10. The molecule has 1 aromatic heterocycles. The van der Waals surface area contributed by atoms with Crippen LogP contribution in [-0.2, 0) is 6.54 Å². The summed E-state index contributed by atoms with van der Waals surface area (Å²) in [6.07, 6.45) is 2.04. The van der Waals surface area contributed by atoms with E-state index in [1.54, 1.807) is 11.8 Å². The van der Waals surface area contributed by atoms with E-state index < -0.39 is 0 Å². The molecule has 0 aliphatic heterocycles. The summed E-state index contributed by atoms with van der Waals surface area (Å²) in [5.41, 5.74) is 0. The van der Waals surface area contributed by atoms with E-state index >= 15 is 0 Å². The number of hydrogen-bond donors (Lipinski definition) is 2. The molecule has 2 unspecified atom stereocenters. The van der Waals surface area contributed by atoms with Crippen LogP contribution < -0.4 is 5.32 Å². The molecule has 98 valence electrons. The number of nitrogens with one attached hydrogen (secondary N) is 1. The van der Waals surface area contributed by atoms with Gasteiger partial charge in [-0.1, -0.05) is 18.2 Å². The van der Waals surface area contributed by atoms with Gasteiger partial charge in [-0.25, -0.2) is 0 Å². The molecule has 1 heterocycles. The Morgan fingerprint density at radius 3 is 2.83 bits per heavy atom. The van der Waals surface area contributed by atoms with Crippen LogP contribution in [0, 0.1) is 0 Å². The van der Waals surface area contributed by atoms with Crippen molar-refractivity contribution in [1.29, 1.82) is 0 Å². The second-order valence-electron chi connectivity index (χ2n) is 4.38. The van der Waals surface area contributed by atoms with Crippen LogP contribution in [0.3, 0.4) is 0 Å². The van der Waals surface area contributed by atoms with Gasteiger partial charge in [0.15, 0.2) is 0 Å². The first-order valence-electron chi connectivity index (χ1n) is 6.09. The molecule has 0 fully saturated rings. The molecule has 0 aliphatic rings. The third-order valence-electron chi connectivity index (χ3n) is 3.12. The summed E-state index contributed by atoms with van der Waals surface area (Å²) in [6.45, 7) is 3.23. The first-order valence-corrected chi connectivity index (χ1v) is 8.19. The summed E-state index contributed by atoms with van der Waals surface area (Å²) in [5.74, 6) is 0. The van der Waals surface area contributed by atoms with Gasteiger partial charge < -0.3 is 10.4 Å². The van der Waals surface area contributed by atoms with Gasteiger partial charge in [0.05, 0.1) is 6.61 Å². The maximum absolute atomic E-state index is 9.25. The molecule has 0 aliphatic carbocycles. The van der Waals surface area contributed by atoms with Gasteiger partial charge >= 0.3 is 0 Å². The summed E-state index contributed by atoms with van der Waals surface area (Å²) in [6, 6.07) is 11.0. The number of aliphatic hydroxyl groups is 1. The molecule has 2 nitrogen and oxygen atoms in total. The lowest BCUT2D eigenvalue weighted by atomic mass is 10.2. The number of thioether (sulfide) groups is 1. The van der Waals surface area contributed by atoms with Gasteiger partial charge in [0.25, 0.3) is 0 Å². The quantitative estimate of drug-likeness (QED) is 0.853. The molecule has 0 radical (unpaired) electrons. The van der Waals surface area contributed by atoms with Crippen molar-refractivity contribution in [3.8, 4) is 0 Å². The molecule has 2 atom stereocenters. The van der Waals surface area contributed by atoms with Crippen LogP contribution >= 0.6 is 23.1 Å². The molecular weight excluding hydrogens is 262 g/mol. The Labute approximate surface area is 116 Å². The van der Waals surface area contributed by atoms with Gasteiger partial charge in [0.1, 0.15) is 0 Å². The zero-order chi connectivity index (χ0) is 13.0. The molecule has 1 aromatic carbocycles. The fraction of sp³-hybridized carbons (Fsp3) is 0.429. The van der Waals surface area contributed by atoms with E-state index in [1.807, 2.05) is 17.6 Å². The van der Waals surface area contributed by atoms with Gasteiger partial charge in [-0.2, -0.15) is 11.8 Å². The van der Waals surface area contributed by atoms with Crippen LogP contribution in [0.25, 0.3) is 10.1 Å². The van der Waals surface area contributed by atoms with E-state index in [4.69, 9.17) is 0 Å². The van der Waals surface area contributed by atoms with Crippen LogP contribution in [0.15, 0.2) is 30.3 Å². The van der Waals surface area contributed by atoms with Crippen LogP contribution in [0.2, 0.25) is 0 Å². The molecule has 2 N–H and O–H groups in total. The highest BCUT2D eigenvalue weighted by Crippen LogP contribution is 2.25. The number of aliphatic hydroxyl groups excluding tert-OH is 1. The zero-order valence-electron chi connectivity index (χ0n) is 10.7. The minimum Gasteiger partial charge on any atom is -0.395 e. The molecule has 0 saturated heterocycles. The number of rotatable bonds is 6. The average Bonchev–Trinajstić information content (AvgIpc) is 2.80. The van der Waals surface area contributed by atoms with Crippen molar-refractivity contribution >= 4 is 33.2 Å². The maximum Gasteiger partial charge on any atom is 0.0564 e. The van der Waals surface area contributed by atoms with Crippen LogP contribution in [0.5, 0.6) is 0 Å². The van der Waals surface area contributed by atoms with Crippen molar-refractivity contribution in [3.63, 3.8) is 0 Å². The van der Waals surface area contributed by atoms with Crippen LogP contribution in [0.4, 0.5) is 0 Å². The molecule has 2 aromatic rings. The summed E-state index contributed by atoms with van der Waals surface area (Å²) in [7, 11) is 0. The standard InChI is InChI=1S/C14H19NOS2/c1-10(14(9-16)17-2)15-8-12-7-11-5-3-4-6-13(11)18-12/h3-7,10,14-16H,8-9H2,1-2H3. The highest BCUT2D eigenvalue weighted by atomic mass is 32.2. The van der Waals surface area contributed by atoms with Crippen molar-refractivity contribution in [2.45, 2.75) is 24.8 Å². The molecule has 2 rings (SSSR count). The third-order valence-corrected chi connectivity index (χ3v) is 5.39. The Bertz CT molecular complexity index is 460. The average molecular weight is 281 g/mol. The molecule has 18 heavy (non-hydrogen) atoms. The first kappa shape index (κ1) is 13.9. The Hall–Kier alpha value is -0.550. The minimum atomic E-state index is 0.224. The van der Waals surface area contributed by atoms with E-state index in [-0.39, 0.29) is 11.9 Å². The van der Waals surface area contributed by atoms with Crippen LogP contribution in [0.1, 0.15) is 11.8 Å². The Morgan fingerprint density at radius 2 is 2.17 bits per heavy atom. The van der Waals surface area contributed by atoms with Crippen molar-refractivity contribution in [2.75, 3.05) is 12.9 Å². The van der Waals surface area contributed by atoms with Gasteiger partial charge in [-0.05, 0) is 30.7 Å². The molecule has 4 heteroatoms. The van der Waals surface area contributed by atoms with Crippen molar-refractivity contribution in [3.05, 3.63) is 35.2 Å². The first-order chi connectivity index (χ1) is 8.74. The predicted molar refractivity (Wildman–Crippen MR) is 82.5 cm³/mol. The molecular formula is C14H19NOS2. The number of thiophene rings is 1. The zero-order valence-corrected chi connectivity index (χ0v) is 12.4. The second-order valence-corrected chi connectivity index (χ2v) is 6.62. The van der Waals surface area contributed by atoms with Crippen molar-refractivity contribution in [1.82, 2.24) is 5.32 Å². The molecule has 0 spiro atoms. The number of benzene rings is 1. The van der Waals surface area contributed by atoms with E-state index in [2.05, 4.69) is 42.6 Å². The second kappa shape index (κ2) is 6.57. The fourth-order valence-electron chi connectivity index (χ4n) is 1.95. The summed E-state index contributed by atoms with van der Waals surface area (Å²) >= 11 is 3.54. The smallest absolute Gasteiger partial charge is 0.0564 e. The fourth-order valence-corrected chi connectivity index (χ4v) is 3.62. The molecule has 0 amide bonds. The molecule has 0 bridgehead atoms. The monoisotopic (exact) mass is 281 g/mol. The topological polar surface area (TPSA) is 32.3 Å². The maximum atomic E-state index is 9.25. The van der Waals surface area contributed by atoms with Gasteiger partial charge in [-0.3, -0.25) is 0 Å². The highest BCUT2D eigenvalue weighted by Gasteiger charge is 2.14.